The molecule has 1 saturated heterocycles. The molecule has 0 saturated carbocycles. The molecule has 0 spiro atoms. The fraction of sp³-hybridized carbons (Fsp3) is 0.409. The third kappa shape index (κ3) is 5.50. The van der Waals surface area contributed by atoms with Crippen LogP contribution in [0.15, 0.2) is 58.4 Å². The number of halogens is 1. The van der Waals surface area contributed by atoms with Crippen molar-refractivity contribution in [1.82, 2.24) is 10.6 Å². The number of nitrogens with one attached hydrogen (secondary N) is 2. The molecule has 2 N–H and O–H groups in total. The summed E-state index contributed by atoms with van der Waals surface area (Å²) in [4.78, 5) is 6.29. The second-order valence-electron chi connectivity index (χ2n) is 7.40. The molecule has 3 rings (SSSR count). The molecule has 30 heavy (non-hydrogen) atoms. The third-order valence-corrected chi connectivity index (χ3v) is 7.00. The molecular weight excluding hydrogens is 403 g/mol. The van der Waals surface area contributed by atoms with E-state index in [0.29, 0.717) is 5.96 Å². The average Bonchev–Trinajstić information content (AvgIpc) is 3.28. The number of rotatable bonds is 7. The predicted molar refractivity (Wildman–Crippen MR) is 119 cm³/mol. The summed E-state index contributed by atoms with van der Waals surface area (Å²) in [6.07, 6.45) is 2.45. The van der Waals surface area contributed by atoms with E-state index in [2.05, 4.69) is 44.8 Å². The Morgan fingerprint density at radius 1 is 1.17 bits per heavy atom. The zero-order valence-corrected chi connectivity index (χ0v) is 18.3. The van der Waals surface area contributed by atoms with Crippen molar-refractivity contribution in [3.05, 3.63) is 59.9 Å². The Morgan fingerprint density at radius 3 is 2.60 bits per heavy atom. The number of hydrogen-bond donors (Lipinski definition) is 2. The molecule has 1 aliphatic rings. The standard InChI is InChI=1S/C22H29FN4O2S/c1-17(18-8-7-9-19(16-18)27-13-5-6-14-27)26-22(24-2)25-12-15-30(28,29)21-11-4-3-10-20(21)23/h3-4,7-11,16-17H,5-6,12-15H2,1-2H3,(H2,24,25,26). The van der Waals surface area contributed by atoms with Crippen molar-refractivity contribution in [3.8, 4) is 0 Å². The third-order valence-electron chi connectivity index (χ3n) is 5.25. The van der Waals surface area contributed by atoms with E-state index >= 15 is 0 Å². The molecule has 1 heterocycles. The number of anilines is 1. The largest absolute Gasteiger partial charge is 0.372 e. The summed E-state index contributed by atoms with van der Waals surface area (Å²) >= 11 is 0. The van der Waals surface area contributed by atoms with Crippen LogP contribution in [0.5, 0.6) is 0 Å². The van der Waals surface area contributed by atoms with Gasteiger partial charge in [-0.3, -0.25) is 4.99 Å². The van der Waals surface area contributed by atoms with E-state index in [4.69, 9.17) is 0 Å². The molecule has 0 radical (unpaired) electrons. The Labute approximate surface area is 178 Å². The van der Waals surface area contributed by atoms with E-state index in [1.165, 1.54) is 36.7 Å². The van der Waals surface area contributed by atoms with E-state index in [1.807, 2.05) is 6.92 Å². The van der Waals surface area contributed by atoms with Gasteiger partial charge in [-0.25, -0.2) is 12.8 Å². The van der Waals surface area contributed by atoms with E-state index in [-0.39, 0.29) is 23.2 Å². The average molecular weight is 433 g/mol. The van der Waals surface area contributed by atoms with Crippen LogP contribution in [0.4, 0.5) is 10.1 Å². The second kappa shape index (κ2) is 9.93. The first-order valence-corrected chi connectivity index (χ1v) is 11.9. The van der Waals surface area contributed by atoms with Crippen LogP contribution in [0.3, 0.4) is 0 Å². The van der Waals surface area contributed by atoms with Gasteiger partial charge in [-0.15, -0.1) is 0 Å². The van der Waals surface area contributed by atoms with Gasteiger partial charge in [-0.05, 0) is 49.6 Å². The van der Waals surface area contributed by atoms with Gasteiger partial charge in [0.2, 0.25) is 0 Å². The van der Waals surface area contributed by atoms with Gasteiger partial charge >= 0.3 is 0 Å². The normalized spacial score (nSPS) is 15.8. The minimum Gasteiger partial charge on any atom is -0.372 e. The SMILES string of the molecule is CN=C(NCCS(=O)(=O)c1ccccc1F)NC(C)c1cccc(N2CCCC2)c1. The van der Waals surface area contributed by atoms with Crippen molar-refractivity contribution in [2.45, 2.75) is 30.7 Å². The van der Waals surface area contributed by atoms with Gasteiger partial charge in [0, 0.05) is 32.4 Å². The first kappa shape index (κ1) is 22.1. The van der Waals surface area contributed by atoms with E-state index in [1.54, 1.807) is 7.05 Å². The molecular formula is C22H29FN4O2S. The maximum atomic E-state index is 13.8. The van der Waals surface area contributed by atoms with Gasteiger partial charge in [0.25, 0.3) is 0 Å². The van der Waals surface area contributed by atoms with Gasteiger partial charge in [0.15, 0.2) is 15.8 Å². The van der Waals surface area contributed by atoms with Crippen LogP contribution in [-0.2, 0) is 9.84 Å². The molecule has 2 aromatic rings. The van der Waals surface area contributed by atoms with Crippen LogP contribution in [-0.4, -0.2) is 46.8 Å². The lowest BCUT2D eigenvalue weighted by Gasteiger charge is -2.22. The predicted octanol–water partition coefficient (Wildman–Crippen LogP) is 3.13. The van der Waals surface area contributed by atoms with Crippen LogP contribution >= 0.6 is 0 Å². The van der Waals surface area contributed by atoms with Gasteiger partial charge < -0.3 is 15.5 Å². The van der Waals surface area contributed by atoms with Gasteiger partial charge in [0.1, 0.15) is 10.7 Å². The van der Waals surface area contributed by atoms with Crippen molar-refractivity contribution in [3.63, 3.8) is 0 Å². The molecule has 1 aliphatic heterocycles. The van der Waals surface area contributed by atoms with E-state index in [0.717, 1.165) is 24.7 Å². The molecule has 162 valence electrons. The van der Waals surface area contributed by atoms with Gasteiger partial charge in [-0.1, -0.05) is 24.3 Å². The minimum atomic E-state index is -3.72. The van der Waals surface area contributed by atoms with Gasteiger partial charge in [-0.2, -0.15) is 0 Å². The lowest BCUT2D eigenvalue weighted by Crippen LogP contribution is -2.40. The smallest absolute Gasteiger partial charge is 0.191 e. The number of guanidine groups is 1. The highest BCUT2D eigenvalue weighted by Gasteiger charge is 2.19. The van der Waals surface area contributed by atoms with E-state index < -0.39 is 15.7 Å². The van der Waals surface area contributed by atoms with Crippen molar-refractivity contribution < 1.29 is 12.8 Å². The second-order valence-corrected chi connectivity index (χ2v) is 9.48. The highest BCUT2D eigenvalue weighted by Crippen LogP contribution is 2.24. The number of hydrogen-bond acceptors (Lipinski definition) is 4. The van der Waals surface area contributed by atoms with Crippen LogP contribution < -0.4 is 15.5 Å². The molecule has 0 aliphatic carbocycles. The summed E-state index contributed by atoms with van der Waals surface area (Å²) < 4.78 is 38.6. The molecule has 1 unspecified atom stereocenters. The summed E-state index contributed by atoms with van der Waals surface area (Å²) in [5.74, 6) is -0.461. The highest BCUT2D eigenvalue weighted by atomic mass is 32.2. The number of benzene rings is 2. The maximum absolute atomic E-state index is 13.8. The zero-order valence-electron chi connectivity index (χ0n) is 17.4. The molecule has 6 nitrogen and oxygen atoms in total. The van der Waals surface area contributed by atoms with Crippen molar-refractivity contribution in [1.29, 1.82) is 0 Å². The van der Waals surface area contributed by atoms with Crippen LogP contribution in [0.2, 0.25) is 0 Å². The molecule has 1 atom stereocenters. The summed E-state index contributed by atoms with van der Waals surface area (Å²) in [5, 5.41) is 6.30. The van der Waals surface area contributed by atoms with Crippen LogP contribution in [0, 0.1) is 5.82 Å². The van der Waals surface area contributed by atoms with Crippen LogP contribution in [0.1, 0.15) is 31.4 Å². The Morgan fingerprint density at radius 2 is 1.90 bits per heavy atom. The lowest BCUT2D eigenvalue weighted by molar-refractivity contribution is 0.566. The van der Waals surface area contributed by atoms with Crippen molar-refractivity contribution in [2.24, 2.45) is 4.99 Å². The molecule has 2 aromatic carbocycles. The van der Waals surface area contributed by atoms with Gasteiger partial charge in [0.05, 0.1) is 11.8 Å². The summed E-state index contributed by atoms with van der Waals surface area (Å²) in [6, 6.07) is 13.8. The molecule has 0 aromatic heterocycles. The van der Waals surface area contributed by atoms with Crippen LogP contribution in [0.25, 0.3) is 0 Å². The lowest BCUT2D eigenvalue weighted by atomic mass is 10.1. The number of sulfone groups is 1. The first-order chi connectivity index (χ1) is 14.4. The number of aliphatic imine (C=N–C) groups is 1. The summed E-state index contributed by atoms with van der Waals surface area (Å²) in [5.41, 5.74) is 2.35. The van der Waals surface area contributed by atoms with E-state index in [9.17, 15) is 12.8 Å². The summed E-state index contributed by atoms with van der Waals surface area (Å²) in [6.45, 7) is 4.33. The quantitative estimate of drug-likeness (QED) is 0.520. The Hall–Kier alpha value is -2.61. The number of nitrogens with zero attached hydrogens (tertiary/aromatic N) is 2. The minimum absolute atomic E-state index is 0.0121. The molecule has 8 heteroatoms. The highest BCUT2D eigenvalue weighted by molar-refractivity contribution is 7.91. The zero-order chi connectivity index (χ0) is 21.6. The maximum Gasteiger partial charge on any atom is 0.191 e. The first-order valence-electron chi connectivity index (χ1n) is 10.2. The molecule has 0 bridgehead atoms. The fourth-order valence-electron chi connectivity index (χ4n) is 3.56. The van der Waals surface area contributed by atoms with Crippen molar-refractivity contribution in [2.75, 3.05) is 37.3 Å². The monoisotopic (exact) mass is 432 g/mol. The topological polar surface area (TPSA) is 73.8 Å². The fourth-order valence-corrected chi connectivity index (χ4v) is 4.80. The Balaban J connectivity index is 1.57. The molecule has 0 amide bonds. The molecule has 1 fully saturated rings. The van der Waals surface area contributed by atoms with Crippen molar-refractivity contribution >= 4 is 21.5 Å². The summed E-state index contributed by atoms with van der Waals surface area (Å²) in [7, 11) is -2.08. The Kier molecular flexibility index (Phi) is 7.31. The Bertz CT molecular complexity index is 988.